The maximum atomic E-state index is 5.85. The first-order chi connectivity index (χ1) is 8.79. The van der Waals surface area contributed by atoms with Crippen LogP contribution in [-0.4, -0.2) is 20.4 Å². The molecule has 3 rings (SSSR count). The lowest BCUT2D eigenvalue weighted by atomic mass is 10.4. The molecule has 0 saturated carbocycles. The Bertz CT molecular complexity index is 678. The zero-order valence-electron chi connectivity index (χ0n) is 9.31. The monoisotopic (exact) mass is 341 g/mol. The van der Waals surface area contributed by atoms with Gasteiger partial charge in [-0.05, 0) is 33.4 Å². The molecule has 0 N–H and O–H groups in total. The van der Waals surface area contributed by atoms with Crippen LogP contribution in [0.15, 0.2) is 33.6 Å². The Kier molecular flexibility index (Phi) is 3.37. The van der Waals surface area contributed by atoms with Crippen molar-refractivity contribution in [3.63, 3.8) is 0 Å². The van der Waals surface area contributed by atoms with Gasteiger partial charge in [-0.15, -0.1) is 11.6 Å². The van der Waals surface area contributed by atoms with Crippen LogP contribution in [0.25, 0.3) is 16.9 Å². The van der Waals surface area contributed by atoms with Crippen molar-refractivity contribution in [1.82, 2.24) is 14.5 Å². The third kappa shape index (κ3) is 2.06. The molecule has 3 nitrogen and oxygen atoms in total. The summed E-state index contributed by atoms with van der Waals surface area (Å²) in [4.78, 5) is 9.06. The number of alkyl halides is 1. The van der Waals surface area contributed by atoms with Crippen molar-refractivity contribution in [3.05, 3.63) is 39.4 Å². The predicted octanol–water partition coefficient (Wildman–Crippen LogP) is 4.03. The molecule has 3 heterocycles. The van der Waals surface area contributed by atoms with Crippen LogP contribution >= 0.6 is 38.9 Å². The lowest BCUT2D eigenvalue weighted by Crippen LogP contribution is -2.01. The number of hydrogen-bond donors (Lipinski definition) is 0. The molecule has 0 spiro atoms. The molecule has 0 saturated heterocycles. The molecule has 6 heteroatoms. The van der Waals surface area contributed by atoms with E-state index in [1.165, 1.54) is 0 Å². The van der Waals surface area contributed by atoms with Gasteiger partial charge >= 0.3 is 0 Å². The van der Waals surface area contributed by atoms with Crippen molar-refractivity contribution in [3.8, 4) is 5.69 Å². The zero-order chi connectivity index (χ0) is 12.5. The fraction of sp³-hybridized carbons (Fsp3) is 0.167. The molecule has 0 aliphatic rings. The molecule has 0 atom stereocenters. The second-order valence-electron chi connectivity index (χ2n) is 3.78. The number of rotatable bonds is 3. The average molecular weight is 343 g/mol. The minimum Gasteiger partial charge on any atom is -0.280 e. The number of nitrogens with zero attached hydrogens (tertiary/aromatic N) is 3. The summed E-state index contributed by atoms with van der Waals surface area (Å²) in [6.07, 6.45) is 2.52. The lowest BCUT2D eigenvalue weighted by Gasteiger charge is -2.04. The Balaban J connectivity index is 2.28. The van der Waals surface area contributed by atoms with Crippen molar-refractivity contribution in [2.45, 2.75) is 6.42 Å². The Morgan fingerprint density at radius 2 is 2.33 bits per heavy atom. The topological polar surface area (TPSA) is 30.7 Å². The molecule has 0 amide bonds. The minimum absolute atomic E-state index is 0.550. The molecule has 3 aromatic heterocycles. The molecule has 3 aromatic rings. The molecule has 0 aliphatic carbocycles. The zero-order valence-corrected chi connectivity index (χ0v) is 12.5. The molecule has 0 fully saturated rings. The van der Waals surface area contributed by atoms with E-state index in [2.05, 4.69) is 41.9 Å². The van der Waals surface area contributed by atoms with Crippen molar-refractivity contribution in [1.29, 1.82) is 0 Å². The second-order valence-corrected chi connectivity index (χ2v) is 5.85. The van der Waals surface area contributed by atoms with Crippen LogP contribution in [0.1, 0.15) is 5.82 Å². The van der Waals surface area contributed by atoms with Crippen LogP contribution in [0, 0.1) is 0 Å². The van der Waals surface area contributed by atoms with Crippen LogP contribution < -0.4 is 0 Å². The van der Waals surface area contributed by atoms with E-state index in [9.17, 15) is 0 Å². The van der Waals surface area contributed by atoms with Crippen LogP contribution in [0.5, 0.6) is 0 Å². The van der Waals surface area contributed by atoms with Gasteiger partial charge in [-0.2, -0.15) is 11.3 Å². The Hall–Kier alpha value is -0.910. The van der Waals surface area contributed by atoms with Gasteiger partial charge in [0.1, 0.15) is 11.3 Å². The first-order valence-electron chi connectivity index (χ1n) is 5.41. The van der Waals surface area contributed by atoms with Gasteiger partial charge < -0.3 is 0 Å². The summed E-state index contributed by atoms with van der Waals surface area (Å²) in [5.41, 5.74) is 2.85. The maximum absolute atomic E-state index is 5.85. The van der Waals surface area contributed by atoms with Gasteiger partial charge in [-0.25, -0.2) is 9.97 Å². The number of aryl methyl sites for hydroxylation is 1. The van der Waals surface area contributed by atoms with Gasteiger partial charge in [0.25, 0.3) is 0 Å². The quantitative estimate of drug-likeness (QED) is 0.673. The highest BCUT2D eigenvalue weighted by atomic mass is 79.9. The Morgan fingerprint density at radius 3 is 3.06 bits per heavy atom. The molecule has 0 aromatic carbocycles. The van der Waals surface area contributed by atoms with Gasteiger partial charge in [-0.1, -0.05) is 0 Å². The number of halogens is 2. The fourth-order valence-corrected chi connectivity index (χ4v) is 3.00. The smallest absolute Gasteiger partial charge is 0.164 e. The fourth-order valence-electron chi connectivity index (χ4n) is 1.90. The first kappa shape index (κ1) is 12.1. The van der Waals surface area contributed by atoms with Crippen LogP contribution in [0.2, 0.25) is 0 Å². The third-order valence-corrected chi connectivity index (χ3v) is 3.91. The molecule has 0 unspecified atom stereocenters. The van der Waals surface area contributed by atoms with E-state index in [1.54, 1.807) is 17.5 Å². The van der Waals surface area contributed by atoms with Crippen molar-refractivity contribution in [2.24, 2.45) is 0 Å². The summed E-state index contributed by atoms with van der Waals surface area (Å²) < 4.78 is 3.00. The van der Waals surface area contributed by atoms with Crippen molar-refractivity contribution < 1.29 is 0 Å². The normalized spacial score (nSPS) is 11.2. The molecule has 92 valence electrons. The summed E-state index contributed by atoms with van der Waals surface area (Å²) in [7, 11) is 0. The van der Waals surface area contributed by atoms with Gasteiger partial charge in [0.15, 0.2) is 5.65 Å². The van der Waals surface area contributed by atoms with E-state index in [0.29, 0.717) is 5.88 Å². The van der Waals surface area contributed by atoms with E-state index < -0.39 is 0 Å². The van der Waals surface area contributed by atoms with E-state index in [-0.39, 0.29) is 0 Å². The van der Waals surface area contributed by atoms with E-state index >= 15 is 0 Å². The molecule has 18 heavy (non-hydrogen) atoms. The standard InChI is InChI=1S/C12H9BrClN3S/c13-8-5-10-12(15-6-8)17(9-2-4-18-7-9)11(16-10)1-3-14/h2,4-7H,1,3H2. The van der Waals surface area contributed by atoms with E-state index in [4.69, 9.17) is 11.6 Å². The molecule has 0 aliphatic heterocycles. The number of hydrogen-bond acceptors (Lipinski definition) is 3. The highest BCUT2D eigenvalue weighted by Crippen LogP contribution is 2.24. The highest BCUT2D eigenvalue weighted by molar-refractivity contribution is 9.10. The molecular weight excluding hydrogens is 334 g/mol. The predicted molar refractivity (Wildman–Crippen MR) is 78.9 cm³/mol. The molecule has 0 radical (unpaired) electrons. The lowest BCUT2D eigenvalue weighted by molar-refractivity contribution is 0.908. The average Bonchev–Trinajstić information content (AvgIpc) is 2.95. The van der Waals surface area contributed by atoms with Gasteiger partial charge in [-0.3, -0.25) is 4.57 Å². The summed E-state index contributed by atoms with van der Waals surface area (Å²) in [6.45, 7) is 0. The Morgan fingerprint density at radius 1 is 1.44 bits per heavy atom. The SMILES string of the molecule is ClCCc1nc2cc(Br)cnc2n1-c1ccsc1. The maximum Gasteiger partial charge on any atom is 0.164 e. The first-order valence-corrected chi connectivity index (χ1v) is 7.68. The number of fused-ring (bicyclic) bond motifs is 1. The van der Waals surface area contributed by atoms with Crippen LogP contribution in [-0.2, 0) is 6.42 Å². The second kappa shape index (κ2) is 4.99. The minimum atomic E-state index is 0.550. The third-order valence-electron chi connectivity index (χ3n) is 2.62. The van der Waals surface area contributed by atoms with Gasteiger partial charge in [0.05, 0.1) is 5.69 Å². The van der Waals surface area contributed by atoms with E-state index in [1.807, 2.05) is 11.4 Å². The summed E-state index contributed by atoms with van der Waals surface area (Å²) in [5, 5.41) is 4.13. The number of imidazole rings is 1. The summed E-state index contributed by atoms with van der Waals surface area (Å²) in [6, 6.07) is 4.04. The van der Waals surface area contributed by atoms with Crippen molar-refractivity contribution in [2.75, 3.05) is 5.88 Å². The summed E-state index contributed by atoms with van der Waals surface area (Å²) >= 11 is 10.9. The molecule has 0 bridgehead atoms. The largest absolute Gasteiger partial charge is 0.280 e. The highest BCUT2D eigenvalue weighted by Gasteiger charge is 2.13. The van der Waals surface area contributed by atoms with Crippen molar-refractivity contribution >= 4 is 50.0 Å². The van der Waals surface area contributed by atoms with E-state index in [0.717, 1.165) is 33.6 Å². The van der Waals surface area contributed by atoms with Crippen LogP contribution in [0.3, 0.4) is 0 Å². The summed E-state index contributed by atoms with van der Waals surface area (Å²) in [5.74, 6) is 1.50. The number of aromatic nitrogens is 3. The number of pyridine rings is 1. The Labute approximate surface area is 122 Å². The van der Waals surface area contributed by atoms with Gasteiger partial charge in [0.2, 0.25) is 0 Å². The van der Waals surface area contributed by atoms with Gasteiger partial charge in [0, 0.05) is 28.4 Å². The number of thiophene rings is 1. The van der Waals surface area contributed by atoms with Crippen LogP contribution in [0.4, 0.5) is 0 Å². The molecular formula is C12H9BrClN3S.